The number of benzene rings is 1. The summed E-state index contributed by atoms with van der Waals surface area (Å²) in [5.41, 5.74) is 1.53. The lowest BCUT2D eigenvalue weighted by atomic mass is 9.49. The minimum Gasteiger partial charge on any atom is -0.508 e. The molecule has 35 heavy (non-hydrogen) atoms. The highest BCUT2D eigenvalue weighted by atomic mass is 16.5. The first-order valence-electron chi connectivity index (χ1n) is 13.7. The molecule has 5 heteroatoms. The van der Waals surface area contributed by atoms with Crippen molar-refractivity contribution in [2.45, 2.75) is 63.5 Å². The quantitative estimate of drug-likeness (QED) is 0.451. The average molecular weight is 473 g/mol. The van der Waals surface area contributed by atoms with Crippen molar-refractivity contribution in [1.29, 1.82) is 0 Å². The number of phenols is 1. The monoisotopic (exact) mass is 472 g/mol. The molecule has 2 aromatic rings. The maximum Gasteiger partial charge on any atom is 0.312 e. The van der Waals surface area contributed by atoms with E-state index in [0.29, 0.717) is 29.6 Å². The number of carbonyl (C=O) groups excluding carboxylic acids is 1. The fourth-order valence-corrected chi connectivity index (χ4v) is 9.05. The molecule has 9 rings (SSSR count). The van der Waals surface area contributed by atoms with Gasteiger partial charge in [0.1, 0.15) is 11.9 Å². The number of aromatic hydroxyl groups is 1. The number of ether oxygens (including phenoxy) is 1. The molecule has 184 valence electrons. The summed E-state index contributed by atoms with van der Waals surface area (Å²) in [6, 6.07) is 7.47. The van der Waals surface area contributed by atoms with Crippen LogP contribution in [0.3, 0.4) is 0 Å². The molecule has 3 aliphatic heterocycles. The van der Waals surface area contributed by atoms with Crippen molar-refractivity contribution in [1.82, 2.24) is 9.88 Å². The zero-order valence-corrected chi connectivity index (χ0v) is 20.4. The predicted molar refractivity (Wildman–Crippen MR) is 135 cm³/mol. The van der Waals surface area contributed by atoms with Crippen LogP contribution < -0.4 is 0 Å². The normalized spacial score (nSPS) is 40.1. The second-order valence-corrected chi connectivity index (χ2v) is 12.4. The Balaban J connectivity index is 1.27. The molecule has 6 bridgehead atoms. The van der Waals surface area contributed by atoms with Gasteiger partial charge in [-0.3, -0.25) is 14.7 Å². The van der Waals surface area contributed by atoms with E-state index in [0.717, 1.165) is 55.2 Å². The van der Waals surface area contributed by atoms with Gasteiger partial charge in [-0.25, -0.2) is 0 Å². The van der Waals surface area contributed by atoms with Crippen molar-refractivity contribution in [2.75, 3.05) is 13.1 Å². The van der Waals surface area contributed by atoms with Crippen LogP contribution in [0.1, 0.15) is 63.0 Å². The SMILES string of the molecule is C=C[C@H]1CN2CC[C@H]1C[C@@H]2[C@@H](OC(=O)C12CC3CC(CC(C3)C1)C2)c1ccnc2ccc(O)cc12. The molecule has 5 atom stereocenters. The predicted octanol–water partition coefficient (Wildman–Crippen LogP) is 5.64. The highest BCUT2D eigenvalue weighted by Crippen LogP contribution is 2.61. The van der Waals surface area contributed by atoms with Gasteiger partial charge in [0.25, 0.3) is 0 Å². The zero-order valence-electron chi connectivity index (χ0n) is 20.4. The summed E-state index contributed by atoms with van der Waals surface area (Å²) in [4.78, 5) is 21.2. The van der Waals surface area contributed by atoms with Gasteiger partial charge < -0.3 is 9.84 Å². The number of hydrogen-bond acceptors (Lipinski definition) is 5. The number of carbonyl (C=O) groups is 1. The molecule has 1 aromatic heterocycles. The van der Waals surface area contributed by atoms with E-state index in [2.05, 4.69) is 22.5 Å². The van der Waals surface area contributed by atoms with Gasteiger partial charge in [-0.2, -0.15) is 0 Å². The number of aromatic nitrogens is 1. The summed E-state index contributed by atoms with van der Waals surface area (Å²) >= 11 is 0. The van der Waals surface area contributed by atoms with Gasteiger partial charge in [-0.15, -0.1) is 6.58 Å². The van der Waals surface area contributed by atoms with E-state index in [9.17, 15) is 9.90 Å². The van der Waals surface area contributed by atoms with Crippen LogP contribution in [0.4, 0.5) is 0 Å². The van der Waals surface area contributed by atoms with Crippen molar-refractivity contribution in [3.05, 3.63) is 48.7 Å². The second kappa shape index (κ2) is 8.06. The third kappa shape index (κ3) is 3.53. The highest BCUT2D eigenvalue weighted by Gasteiger charge is 2.56. The molecule has 1 N–H and O–H groups in total. The first-order chi connectivity index (χ1) is 17.0. The largest absolute Gasteiger partial charge is 0.508 e. The van der Waals surface area contributed by atoms with Crippen molar-refractivity contribution in [3.8, 4) is 5.75 Å². The Kier molecular flexibility index (Phi) is 5.03. The van der Waals surface area contributed by atoms with E-state index in [1.807, 2.05) is 18.3 Å². The first kappa shape index (κ1) is 21.8. The Bertz CT molecular complexity index is 1140. The summed E-state index contributed by atoms with van der Waals surface area (Å²) in [7, 11) is 0. The molecule has 4 heterocycles. The van der Waals surface area contributed by atoms with Crippen molar-refractivity contribution < 1.29 is 14.6 Å². The van der Waals surface area contributed by atoms with Crippen LogP contribution in [0.15, 0.2) is 43.1 Å². The second-order valence-electron chi connectivity index (χ2n) is 12.4. The number of phenolic OH excluding ortho intramolecular Hbond substituents is 1. The number of fused-ring (bicyclic) bond motifs is 4. The van der Waals surface area contributed by atoms with Crippen LogP contribution >= 0.6 is 0 Å². The van der Waals surface area contributed by atoms with E-state index in [1.54, 1.807) is 12.1 Å². The van der Waals surface area contributed by atoms with Crippen LogP contribution in [-0.4, -0.2) is 40.1 Å². The summed E-state index contributed by atoms with van der Waals surface area (Å²) in [5, 5.41) is 11.2. The molecule has 0 radical (unpaired) electrons. The Morgan fingerprint density at radius 3 is 2.54 bits per heavy atom. The molecule has 1 unspecified atom stereocenters. The first-order valence-corrected chi connectivity index (χ1v) is 13.7. The molecule has 5 nitrogen and oxygen atoms in total. The molecule has 0 amide bonds. The van der Waals surface area contributed by atoms with Crippen LogP contribution in [0.25, 0.3) is 10.9 Å². The maximum atomic E-state index is 14.1. The van der Waals surface area contributed by atoms with E-state index < -0.39 is 0 Å². The van der Waals surface area contributed by atoms with Gasteiger partial charge in [0.2, 0.25) is 0 Å². The number of rotatable bonds is 5. The molecular weight excluding hydrogens is 436 g/mol. The Labute approximate surface area is 207 Å². The smallest absolute Gasteiger partial charge is 0.312 e. The molecule has 7 fully saturated rings. The van der Waals surface area contributed by atoms with E-state index in [1.165, 1.54) is 25.7 Å². The molecular formula is C30H36N2O3. The van der Waals surface area contributed by atoms with Gasteiger partial charge in [0.15, 0.2) is 0 Å². The zero-order chi connectivity index (χ0) is 23.7. The number of hydrogen-bond donors (Lipinski definition) is 1. The molecule has 1 aromatic carbocycles. The standard InChI is InChI=1S/C30H36N2O3/c1-2-21-17-32-8-6-22(21)12-27(32)28(24-5-7-31-26-4-3-23(33)13-25(24)26)35-29(34)30-14-18-9-19(15-30)11-20(10-18)16-30/h2-5,7,13,18-22,27-28,33H,1,6,8-12,14-17H2/t18?,19?,20?,21-,22-,27+,28-,30?/m0/s1. The van der Waals surface area contributed by atoms with Crippen LogP contribution in [0, 0.1) is 35.0 Å². The third-order valence-corrected chi connectivity index (χ3v) is 10.3. The molecule has 3 saturated heterocycles. The summed E-state index contributed by atoms with van der Waals surface area (Å²) < 4.78 is 6.71. The molecule has 0 spiro atoms. The lowest BCUT2D eigenvalue weighted by Gasteiger charge is -2.56. The van der Waals surface area contributed by atoms with Crippen molar-refractivity contribution >= 4 is 16.9 Å². The molecule has 7 aliphatic rings. The van der Waals surface area contributed by atoms with Crippen LogP contribution in [0.5, 0.6) is 5.75 Å². The topological polar surface area (TPSA) is 62.7 Å². The van der Waals surface area contributed by atoms with Crippen molar-refractivity contribution in [3.63, 3.8) is 0 Å². The molecule has 4 aliphatic carbocycles. The third-order valence-electron chi connectivity index (χ3n) is 10.3. The summed E-state index contributed by atoms with van der Waals surface area (Å²) in [6.07, 6.45) is 12.7. The Morgan fingerprint density at radius 2 is 1.89 bits per heavy atom. The minimum absolute atomic E-state index is 0.0367. The van der Waals surface area contributed by atoms with E-state index in [-0.39, 0.29) is 29.3 Å². The van der Waals surface area contributed by atoms with E-state index in [4.69, 9.17) is 4.74 Å². The van der Waals surface area contributed by atoms with E-state index >= 15 is 0 Å². The molecule has 4 saturated carbocycles. The lowest BCUT2D eigenvalue weighted by molar-refractivity contribution is -0.184. The van der Waals surface area contributed by atoms with Gasteiger partial charge in [0, 0.05) is 23.7 Å². The van der Waals surface area contributed by atoms with Gasteiger partial charge in [-0.1, -0.05) is 6.08 Å². The van der Waals surface area contributed by atoms with Gasteiger partial charge in [0.05, 0.1) is 17.0 Å². The number of piperidine rings is 3. The lowest BCUT2D eigenvalue weighted by Crippen LogP contribution is -2.56. The fraction of sp³-hybridized carbons (Fsp3) is 0.600. The van der Waals surface area contributed by atoms with Crippen molar-refractivity contribution in [2.24, 2.45) is 35.0 Å². The average Bonchev–Trinajstić information content (AvgIpc) is 2.86. The van der Waals surface area contributed by atoms with Gasteiger partial charge in [-0.05, 0) is 112 Å². The Hall–Kier alpha value is -2.40. The number of esters is 1. The minimum atomic E-state index is -0.351. The summed E-state index contributed by atoms with van der Waals surface area (Å²) in [6.45, 7) is 6.11. The Morgan fingerprint density at radius 1 is 1.14 bits per heavy atom. The maximum absolute atomic E-state index is 14.1. The number of nitrogens with zero attached hydrogens (tertiary/aromatic N) is 2. The van der Waals surface area contributed by atoms with Gasteiger partial charge >= 0.3 is 5.97 Å². The number of pyridine rings is 1. The fourth-order valence-electron chi connectivity index (χ4n) is 9.05. The van der Waals surface area contributed by atoms with Crippen LogP contribution in [0.2, 0.25) is 0 Å². The highest BCUT2D eigenvalue weighted by molar-refractivity contribution is 5.85. The summed E-state index contributed by atoms with van der Waals surface area (Å²) in [5.74, 6) is 3.46. The van der Waals surface area contributed by atoms with Crippen LogP contribution in [-0.2, 0) is 9.53 Å².